The summed E-state index contributed by atoms with van der Waals surface area (Å²) in [6.07, 6.45) is 3.56. The van der Waals surface area contributed by atoms with E-state index in [1.54, 1.807) is 12.1 Å². The maximum absolute atomic E-state index is 13.3. The molecule has 0 aliphatic carbocycles. The Hall–Kier alpha value is -4.55. The molecule has 0 radical (unpaired) electrons. The molecule has 0 saturated heterocycles. The van der Waals surface area contributed by atoms with Gasteiger partial charge in [0.15, 0.2) is 0 Å². The van der Waals surface area contributed by atoms with Gasteiger partial charge in [-0.25, -0.2) is 4.98 Å². The number of nitrogens with zero attached hydrogens (tertiary/aromatic N) is 4. The molecule has 0 aliphatic heterocycles. The minimum absolute atomic E-state index is 0.0504. The van der Waals surface area contributed by atoms with Gasteiger partial charge < -0.3 is 13.9 Å². The van der Waals surface area contributed by atoms with Gasteiger partial charge in [-0.3, -0.25) is 9.78 Å². The van der Waals surface area contributed by atoms with Crippen LogP contribution in [0.25, 0.3) is 22.2 Å². The first kappa shape index (κ1) is 27.0. The van der Waals surface area contributed by atoms with E-state index in [2.05, 4.69) is 10.9 Å². The normalized spacial score (nSPS) is 11.5. The molecule has 5 rings (SSSR count). The minimum atomic E-state index is -4.77. The number of benzene rings is 1. The van der Waals surface area contributed by atoms with Crippen LogP contribution in [0.3, 0.4) is 0 Å². The van der Waals surface area contributed by atoms with Crippen molar-refractivity contribution in [1.29, 1.82) is 0 Å². The zero-order valence-corrected chi connectivity index (χ0v) is 22.2. The number of rotatable bonds is 6. The third-order valence-electron chi connectivity index (χ3n) is 6.58. The topological polar surface area (TPSA) is 61.9 Å². The van der Waals surface area contributed by atoms with Crippen LogP contribution in [0.2, 0.25) is 5.02 Å². The average Bonchev–Trinajstić information content (AvgIpc) is 3.28. The van der Waals surface area contributed by atoms with Crippen molar-refractivity contribution in [2.75, 3.05) is 0 Å². The Labute approximate surface area is 232 Å². The molecule has 1 aromatic carbocycles. The second kappa shape index (κ2) is 10.5. The Balaban J connectivity index is 1.51. The smallest absolute Gasteiger partial charge is 0.421 e. The van der Waals surface area contributed by atoms with Crippen LogP contribution < -0.4 is 10.3 Å². The molecule has 202 valence electrons. The summed E-state index contributed by atoms with van der Waals surface area (Å²) in [5.74, 6) is 3.15. The van der Waals surface area contributed by atoms with Crippen molar-refractivity contribution >= 4 is 22.5 Å². The molecule has 0 saturated carbocycles. The Bertz CT molecular complexity index is 1850. The van der Waals surface area contributed by atoms with Crippen molar-refractivity contribution in [3.05, 3.63) is 111 Å². The summed E-state index contributed by atoms with van der Waals surface area (Å²) in [4.78, 5) is 21.5. The molecule has 10 heteroatoms. The number of terminal acetylenes is 1. The fourth-order valence-electron chi connectivity index (χ4n) is 4.59. The SMILES string of the molecule is C#Cc1ccc(-c2cc(C)nc3c(OCc4c(Cl)ccnc4Cn4cccc(C(F)(F)F)c4=O)cccc23)n1C. The Kier molecular flexibility index (Phi) is 7.13. The number of fused-ring (bicyclic) bond motifs is 1. The van der Waals surface area contributed by atoms with Gasteiger partial charge in [-0.05, 0) is 49.4 Å². The third kappa shape index (κ3) is 5.06. The zero-order valence-electron chi connectivity index (χ0n) is 21.5. The van der Waals surface area contributed by atoms with E-state index in [1.165, 1.54) is 18.5 Å². The number of hydrogen-bond donors (Lipinski definition) is 0. The number of pyridine rings is 3. The lowest BCUT2D eigenvalue weighted by molar-refractivity contribution is -0.138. The zero-order chi connectivity index (χ0) is 28.6. The number of hydrogen-bond acceptors (Lipinski definition) is 4. The molecule has 0 N–H and O–H groups in total. The molecule has 0 aliphatic rings. The van der Waals surface area contributed by atoms with Gasteiger partial charge in [0.2, 0.25) is 0 Å². The van der Waals surface area contributed by atoms with Crippen LogP contribution in [-0.4, -0.2) is 19.1 Å². The van der Waals surface area contributed by atoms with Crippen molar-refractivity contribution in [3.8, 4) is 29.4 Å². The van der Waals surface area contributed by atoms with Crippen LogP contribution in [-0.2, 0) is 26.4 Å². The lowest BCUT2D eigenvalue weighted by Gasteiger charge is -2.16. The average molecular weight is 563 g/mol. The first-order valence-electron chi connectivity index (χ1n) is 12.1. The van der Waals surface area contributed by atoms with Gasteiger partial charge in [-0.1, -0.05) is 29.7 Å². The second-order valence-electron chi connectivity index (χ2n) is 9.13. The molecule has 6 nitrogen and oxygen atoms in total. The van der Waals surface area contributed by atoms with E-state index in [4.69, 9.17) is 27.7 Å². The lowest BCUT2D eigenvalue weighted by Crippen LogP contribution is -2.28. The monoisotopic (exact) mass is 562 g/mol. The number of halogens is 4. The number of aryl methyl sites for hydroxylation is 1. The number of ether oxygens (including phenoxy) is 1. The number of para-hydroxylation sites is 1. The summed E-state index contributed by atoms with van der Waals surface area (Å²) in [5.41, 5.74) is 2.31. The quantitative estimate of drug-likeness (QED) is 0.225. The molecule has 5 aromatic rings. The van der Waals surface area contributed by atoms with Gasteiger partial charge in [0, 0.05) is 47.3 Å². The van der Waals surface area contributed by atoms with E-state index < -0.39 is 17.3 Å². The molecule has 0 fully saturated rings. The van der Waals surface area contributed by atoms with E-state index in [0.29, 0.717) is 27.5 Å². The van der Waals surface area contributed by atoms with Crippen LogP contribution >= 0.6 is 11.6 Å². The molecule has 40 heavy (non-hydrogen) atoms. The van der Waals surface area contributed by atoms with E-state index in [-0.39, 0.29) is 13.2 Å². The molecule has 0 bridgehead atoms. The fourth-order valence-corrected chi connectivity index (χ4v) is 4.81. The first-order valence-corrected chi connectivity index (χ1v) is 12.5. The van der Waals surface area contributed by atoms with Gasteiger partial charge in [-0.15, -0.1) is 6.42 Å². The molecule has 0 unspecified atom stereocenters. The standard InChI is InChI=1S/C30H22ClF3N4O2/c1-4-19-10-11-26(37(19)3)21-15-18(2)36-28-20(21)7-5-9-27(28)40-17-22-24(31)12-13-35-25(22)16-38-14-6-8-23(29(38)39)30(32,33)34/h1,5-15H,16-17H2,2-3H3. The van der Waals surface area contributed by atoms with Crippen molar-refractivity contribution in [2.24, 2.45) is 7.05 Å². The number of aromatic nitrogens is 4. The third-order valence-corrected chi connectivity index (χ3v) is 6.94. The van der Waals surface area contributed by atoms with Gasteiger partial charge >= 0.3 is 6.18 Å². The highest BCUT2D eigenvalue weighted by molar-refractivity contribution is 6.31. The second-order valence-corrected chi connectivity index (χ2v) is 9.54. The van der Waals surface area contributed by atoms with E-state index in [9.17, 15) is 18.0 Å². The highest BCUT2D eigenvalue weighted by Crippen LogP contribution is 2.34. The van der Waals surface area contributed by atoms with Gasteiger partial charge in [-0.2, -0.15) is 13.2 Å². The van der Waals surface area contributed by atoms with Crippen LogP contribution in [0, 0.1) is 19.3 Å². The van der Waals surface area contributed by atoms with Crippen LogP contribution in [0.15, 0.2) is 71.8 Å². The maximum Gasteiger partial charge on any atom is 0.421 e. The first-order chi connectivity index (χ1) is 19.1. The number of alkyl halides is 3. The summed E-state index contributed by atoms with van der Waals surface area (Å²) < 4.78 is 48.9. The van der Waals surface area contributed by atoms with Gasteiger partial charge in [0.25, 0.3) is 5.56 Å². The van der Waals surface area contributed by atoms with Crippen LogP contribution in [0.4, 0.5) is 13.2 Å². The maximum atomic E-state index is 13.3. The summed E-state index contributed by atoms with van der Waals surface area (Å²) in [7, 11) is 1.90. The van der Waals surface area contributed by atoms with E-state index >= 15 is 0 Å². The summed E-state index contributed by atoms with van der Waals surface area (Å²) in [6, 6.07) is 14.8. The summed E-state index contributed by atoms with van der Waals surface area (Å²) in [6.45, 7) is 1.61. The van der Waals surface area contributed by atoms with E-state index in [1.807, 2.05) is 48.9 Å². The van der Waals surface area contributed by atoms with Crippen molar-refractivity contribution in [1.82, 2.24) is 19.1 Å². The summed E-state index contributed by atoms with van der Waals surface area (Å²) >= 11 is 6.47. The minimum Gasteiger partial charge on any atom is -0.486 e. The van der Waals surface area contributed by atoms with Crippen molar-refractivity contribution < 1.29 is 17.9 Å². The Morgan fingerprint density at radius 2 is 1.93 bits per heavy atom. The van der Waals surface area contributed by atoms with Crippen LogP contribution in [0.5, 0.6) is 5.75 Å². The van der Waals surface area contributed by atoms with Gasteiger partial charge in [0.1, 0.15) is 23.4 Å². The molecular weight excluding hydrogens is 541 g/mol. The molecule has 4 heterocycles. The largest absolute Gasteiger partial charge is 0.486 e. The van der Waals surface area contributed by atoms with Gasteiger partial charge in [0.05, 0.1) is 23.0 Å². The highest BCUT2D eigenvalue weighted by Gasteiger charge is 2.34. The Morgan fingerprint density at radius 1 is 1.12 bits per heavy atom. The molecule has 0 spiro atoms. The highest BCUT2D eigenvalue weighted by atomic mass is 35.5. The molecule has 0 amide bonds. The lowest BCUT2D eigenvalue weighted by atomic mass is 10.0. The van der Waals surface area contributed by atoms with Crippen molar-refractivity contribution in [3.63, 3.8) is 0 Å². The predicted molar refractivity (Wildman–Crippen MR) is 147 cm³/mol. The molecular formula is C30H22ClF3N4O2. The molecule has 0 atom stereocenters. The predicted octanol–water partition coefficient (Wildman–Crippen LogP) is 6.39. The van der Waals surface area contributed by atoms with Crippen LogP contribution in [0.1, 0.15) is 28.2 Å². The van der Waals surface area contributed by atoms with E-state index in [0.717, 1.165) is 38.7 Å². The van der Waals surface area contributed by atoms with Crippen molar-refractivity contribution in [2.45, 2.75) is 26.3 Å². The molecule has 4 aromatic heterocycles. The fraction of sp³-hybridized carbons (Fsp3) is 0.167. The Morgan fingerprint density at radius 3 is 2.65 bits per heavy atom. The summed E-state index contributed by atoms with van der Waals surface area (Å²) in [5, 5.41) is 1.15.